The van der Waals surface area contributed by atoms with Gasteiger partial charge in [-0.15, -0.1) is 0 Å². The fourth-order valence-electron chi connectivity index (χ4n) is 5.85. The van der Waals surface area contributed by atoms with Gasteiger partial charge < -0.3 is 39.5 Å². The summed E-state index contributed by atoms with van der Waals surface area (Å²) in [4.78, 5) is 69.9. The largest absolute Gasteiger partial charge is 0.543 e. The number of hydrogen-bond acceptors (Lipinski definition) is 8. The van der Waals surface area contributed by atoms with Crippen molar-refractivity contribution in [1.82, 2.24) is 20.5 Å². The average Bonchev–Trinajstić information content (AvgIpc) is 3.44. The van der Waals surface area contributed by atoms with Crippen molar-refractivity contribution in [2.75, 3.05) is 13.7 Å². The average molecular weight is 876 g/mol. The van der Waals surface area contributed by atoms with Crippen LogP contribution in [0.4, 0.5) is 4.79 Å². The van der Waals surface area contributed by atoms with Gasteiger partial charge in [0.1, 0.15) is 28.6 Å². The highest BCUT2D eigenvalue weighted by Crippen LogP contribution is 2.40. The standard InChI is InChI=1S/C43H60Cl2N4O9Si/c1-26(18-21-36(50)51)15-14-22-56-37(52)25-33(28-19-20-35(31(44)23-28)58-59(10,11)43(6,7)8)48-39(53)34(24-30-29-16-12-13-17-32(29)47-38(30)45)49(9)40(54)27(2)46-41(55)57-42(3,4)5/h12-13,15-17,19-20,23,27,33-34,47H,14,18,21-22,24-25H2,1-11H3,(H,46,55)(H,48,53)(H,50,51)/b26-15+/t27-,33+,34+/m0/s1. The minimum atomic E-state index is -2.28. The molecule has 0 aliphatic rings. The molecule has 2 aromatic carbocycles. The SMILES string of the molecule is C/C(=C\CCOC(=O)C[C@@H](NC(=O)[C@@H](Cc1c(Cl)[nH]c2ccccc12)N(C)C(=O)[C@H](C)NC(=O)OC(C)(C)C)c1ccc(O[Si](C)(C)C(C)(C)C)c(Cl)c1)CCC(=O)O. The highest BCUT2D eigenvalue weighted by molar-refractivity contribution is 6.74. The number of carboxylic acid groups (broad SMARTS) is 1. The van der Waals surface area contributed by atoms with E-state index in [1.54, 1.807) is 39.0 Å². The Balaban J connectivity index is 2.00. The lowest BCUT2D eigenvalue weighted by atomic mass is 9.99. The summed E-state index contributed by atoms with van der Waals surface area (Å²) in [6.45, 7) is 19.0. The van der Waals surface area contributed by atoms with E-state index in [1.165, 1.54) is 18.9 Å². The van der Waals surface area contributed by atoms with E-state index in [4.69, 9.17) is 42.2 Å². The third-order valence-electron chi connectivity index (χ3n) is 10.2. The van der Waals surface area contributed by atoms with Crippen molar-refractivity contribution in [2.45, 2.75) is 129 Å². The highest BCUT2D eigenvalue weighted by atomic mass is 35.5. The molecule has 0 spiro atoms. The number of para-hydroxylation sites is 1. The number of ether oxygens (including phenoxy) is 2. The number of carbonyl (C=O) groups is 5. The molecule has 3 aromatic rings. The van der Waals surface area contributed by atoms with Crippen LogP contribution in [-0.2, 0) is 35.1 Å². The maximum Gasteiger partial charge on any atom is 0.408 e. The number of nitrogens with zero attached hydrogens (tertiary/aromatic N) is 1. The molecule has 0 aliphatic heterocycles. The minimum Gasteiger partial charge on any atom is -0.543 e. The summed E-state index contributed by atoms with van der Waals surface area (Å²) in [6, 6.07) is 9.24. The fraction of sp³-hybridized carbons (Fsp3) is 0.512. The summed E-state index contributed by atoms with van der Waals surface area (Å²) >= 11 is 13.5. The number of H-pyrrole nitrogens is 1. The number of amides is 3. The van der Waals surface area contributed by atoms with Crippen molar-refractivity contribution in [3.05, 3.63) is 75.4 Å². The summed E-state index contributed by atoms with van der Waals surface area (Å²) in [5, 5.41) is 15.7. The Labute approximate surface area is 358 Å². The van der Waals surface area contributed by atoms with Gasteiger partial charge in [0, 0.05) is 30.8 Å². The first kappa shape index (κ1) is 48.8. The number of carboxylic acids is 1. The Morgan fingerprint density at radius 2 is 1.64 bits per heavy atom. The summed E-state index contributed by atoms with van der Waals surface area (Å²) < 4.78 is 17.4. The number of aliphatic carboxylic acids is 1. The molecule has 3 atom stereocenters. The number of esters is 1. The number of allylic oxidation sites excluding steroid dienone is 1. The predicted molar refractivity (Wildman–Crippen MR) is 233 cm³/mol. The molecule has 1 heterocycles. The second-order valence-electron chi connectivity index (χ2n) is 17.3. The van der Waals surface area contributed by atoms with Gasteiger partial charge in [-0.25, -0.2) is 4.79 Å². The number of halogens is 2. The molecule has 0 bridgehead atoms. The number of hydrogen-bond donors (Lipinski definition) is 4. The molecule has 0 aliphatic carbocycles. The van der Waals surface area contributed by atoms with E-state index in [-0.39, 0.29) is 30.9 Å². The minimum absolute atomic E-state index is 0.000758. The molecule has 0 unspecified atom stereocenters. The van der Waals surface area contributed by atoms with Crippen LogP contribution in [0.5, 0.6) is 5.75 Å². The van der Waals surface area contributed by atoms with Gasteiger partial charge in [-0.3, -0.25) is 19.2 Å². The molecule has 3 amide bonds. The molecule has 0 saturated heterocycles. The monoisotopic (exact) mass is 874 g/mol. The highest BCUT2D eigenvalue weighted by Gasteiger charge is 2.40. The summed E-state index contributed by atoms with van der Waals surface area (Å²) in [5.41, 5.74) is 1.87. The van der Waals surface area contributed by atoms with E-state index >= 15 is 0 Å². The van der Waals surface area contributed by atoms with Gasteiger partial charge in [-0.1, -0.05) is 79.9 Å². The van der Waals surface area contributed by atoms with Crippen LogP contribution < -0.4 is 15.1 Å². The first-order valence-corrected chi connectivity index (χ1v) is 23.3. The first-order valence-electron chi connectivity index (χ1n) is 19.6. The lowest BCUT2D eigenvalue weighted by Crippen LogP contribution is -2.55. The molecule has 324 valence electrons. The van der Waals surface area contributed by atoms with Crippen molar-refractivity contribution < 1.29 is 43.0 Å². The number of benzene rings is 2. The van der Waals surface area contributed by atoms with Gasteiger partial charge in [-0.2, -0.15) is 0 Å². The van der Waals surface area contributed by atoms with Crippen LogP contribution in [0.3, 0.4) is 0 Å². The van der Waals surface area contributed by atoms with Gasteiger partial charge in [0.05, 0.1) is 24.1 Å². The maximum atomic E-state index is 14.6. The number of fused-ring (bicyclic) bond motifs is 1. The summed E-state index contributed by atoms with van der Waals surface area (Å²) in [5.74, 6) is -2.22. The Hall–Kier alpha value is -4.53. The van der Waals surface area contributed by atoms with Crippen LogP contribution in [0.2, 0.25) is 28.3 Å². The van der Waals surface area contributed by atoms with Crippen LogP contribution in [0.25, 0.3) is 10.9 Å². The molecular weight excluding hydrogens is 815 g/mol. The van der Waals surface area contributed by atoms with E-state index in [0.29, 0.717) is 39.9 Å². The second-order valence-corrected chi connectivity index (χ2v) is 22.8. The van der Waals surface area contributed by atoms with E-state index < -0.39 is 61.9 Å². The van der Waals surface area contributed by atoms with Gasteiger partial charge in [0.15, 0.2) is 0 Å². The molecule has 3 rings (SSSR count). The van der Waals surface area contributed by atoms with Crippen LogP contribution >= 0.6 is 23.2 Å². The van der Waals surface area contributed by atoms with Gasteiger partial charge >= 0.3 is 18.0 Å². The zero-order chi connectivity index (χ0) is 44.5. The van der Waals surface area contributed by atoms with Crippen molar-refractivity contribution in [1.29, 1.82) is 0 Å². The number of carbonyl (C=O) groups excluding carboxylic acids is 4. The number of nitrogens with one attached hydrogen (secondary N) is 3. The maximum absolute atomic E-state index is 14.6. The Bertz CT molecular complexity index is 2020. The smallest absolute Gasteiger partial charge is 0.408 e. The third-order valence-corrected chi connectivity index (χ3v) is 15.2. The first-order chi connectivity index (χ1) is 27.3. The molecule has 4 N–H and O–H groups in total. The molecule has 0 saturated carbocycles. The van der Waals surface area contributed by atoms with Gasteiger partial charge in [-0.05, 0) is 94.9 Å². The van der Waals surface area contributed by atoms with Crippen molar-refractivity contribution >= 4 is 72.3 Å². The topological polar surface area (TPSA) is 176 Å². The molecule has 59 heavy (non-hydrogen) atoms. The van der Waals surface area contributed by atoms with Crippen molar-refractivity contribution in [3.8, 4) is 5.75 Å². The molecule has 0 radical (unpaired) electrons. The van der Waals surface area contributed by atoms with E-state index in [9.17, 15) is 24.0 Å². The van der Waals surface area contributed by atoms with Crippen molar-refractivity contribution in [3.63, 3.8) is 0 Å². The lowest BCUT2D eigenvalue weighted by Gasteiger charge is -2.36. The van der Waals surface area contributed by atoms with Crippen molar-refractivity contribution in [2.24, 2.45) is 0 Å². The number of rotatable bonds is 18. The summed E-state index contributed by atoms with van der Waals surface area (Å²) in [6.07, 6.45) is 1.46. The number of alkyl carbamates (subject to hydrolysis) is 1. The normalized spacial score (nSPS) is 13.9. The molecule has 1 aromatic heterocycles. The molecule has 13 nitrogen and oxygen atoms in total. The third kappa shape index (κ3) is 14.6. The Morgan fingerprint density at radius 1 is 0.983 bits per heavy atom. The Morgan fingerprint density at radius 3 is 2.25 bits per heavy atom. The van der Waals surface area contributed by atoms with Crippen LogP contribution in [0.15, 0.2) is 54.1 Å². The van der Waals surface area contributed by atoms with E-state index in [2.05, 4.69) is 49.5 Å². The number of likely N-dealkylation sites (N-methyl/N-ethyl adjacent to an activating group) is 1. The lowest BCUT2D eigenvalue weighted by molar-refractivity contribution is -0.145. The molecule has 16 heteroatoms. The molecular formula is C43H60Cl2N4O9Si. The Kier molecular flexibility index (Phi) is 17.1. The predicted octanol–water partition coefficient (Wildman–Crippen LogP) is 9.13. The quantitative estimate of drug-likeness (QED) is 0.0420. The van der Waals surface area contributed by atoms with Gasteiger partial charge in [0.2, 0.25) is 11.8 Å². The number of aromatic nitrogens is 1. The van der Waals surface area contributed by atoms with E-state index in [0.717, 1.165) is 16.5 Å². The van der Waals surface area contributed by atoms with Crippen LogP contribution in [0, 0.1) is 0 Å². The fourth-order valence-corrected chi connectivity index (χ4v) is 7.45. The summed E-state index contributed by atoms with van der Waals surface area (Å²) in [7, 11) is -0.825. The van der Waals surface area contributed by atoms with Crippen LogP contribution in [-0.4, -0.2) is 84.5 Å². The zero-order valence-electron chi connectivity index (χ0n) is 36.0. The second kappa shape index (κ2) is 20.6. The van der Waals surface area contributed by atoms with Crippen LogP contribution in [0.1, 0.15) is 98.2 Å². The molecule has 0 fully saturated rings. The van der Waals surface area contributed by atoms with Gasteiger partial charge in [0.25, 0.3) is 8.32 Å². The van der Waals surface area contributed by atoms with E-state index in [1.807, 2.05) is 37.3 Å². The number of aromatic amines is 1. The zero-order valence-corrected chi connectivity index (χ0v) is 38.5.